The average Bonchev–Trinajstić information content (AvgIpc) is 3.43. The molecule has 11 nitrogen and oxygen atoms in total. The van der Waals surface area contributed by atoms with Crippen LogP contribution in [0.5, 0.6) is 0 Å². The number of carbonyl (C=O) groups is 2. The van der Waals surface area contributed by atoms with Crippen molar-refractivity contribution in [1.29, 1.82) is 0 Å². The van der Waals surface area contributed by atoms with E-state index in [0.29, 0.717) is 30.8 Å². The van der Waals surface area contributed by atoms with Gasteiger partial charge < -0.3 is 34.6 Å². The van der Waals surface area contributed by atoms with Crippen molar-refractivity contribution in [2.45, 2.75) is 49.8 Å². The number of nitrogens with zero attached hydrogens (tertiary/aromatic N) is 5. The smallest absolute Gasteiger partial charge is 0.407 e. The van der Waals surface area contributed by atoms with Gasteiger partial charge in [0.05, 0.1) is 30.7 Å². The van der Waals surface area contributed by atoms with Crippen LogP contribution in [0.1, 0.15) is 48.6 Å². The first-order valence-electron chi connectivity index (χ1n) is 14.2. The van der Waals surface area contributed by atoms with Crippen molar-refractivity contribution >= 4 is 17.8 Å². The van der Waals surface area contributed by atoms with E-state index in [-0.39, 0.29) is 44.2 Å². The summed E-state index contributed by atoms with van der Waals surface area (Å²) in [5, 5.41) is 24.6. The molecule has 2 amide bonds. The van der Waals surface area contributed by atoms with E-state index in [1.807, 2.05) is 53.1 Å². The van der Waals surface area contributed by atoms with Crippen LogP contribution in [0, 0.1) is 0 Å². The number of aromatic nitrogens is 3. The molecule has 2 aromatic heterocycles. The first kappa shape index (κ1) is 28.6. The number of methoxy groups -OCH3 is 1. The normalized spacial score (nSPS) is 22.9. The van der Waals surface area contributed by atoms with Crippen LogP contribution >= 0.6 is 0 Å². The fourth-order valence-electron chi connectivity index (χ4n) is 6.17. The fourth-order valence-corrected chi connectivity index (χ4v) is 6.17. The van der Waals surface area contributed by atoms with Crippen molar-refractivity contribution in [3.63, 3.8) is 0 Å². The minimum atomic E-state index is -1.08. The number of carboxylic acid groups (broad SMARTS) is 1. The molecule has 41 heavy (non-hydrogen) atoms. The number of ether oxygens (including phenoxy) is 1. The molecule has 1 aliphatic heterocycles. The van der Waals surface area contributed by atoms with Gasteiger partial charge in [0.15, 0.2) is 5.69 Å². The summed E-state index contributed by atoms with van der Waals surface area (Å²) in [6.45, 7) is 1.41. The fraction of sp³-hybridized carbons (Fsp3) is 0.467. The van der Waals surface area contributed by atoms with Gasteiger partial charge in [0.1, 0.15) is 11.4 Å². The van der Waals surface area contributed by atoms with E-state index in [2.05, 4.69) is 15.3 Å². The van der Waals surface area contributed by atoms with Gasteiger partial charge in [0.25, 0.3) is 5.91 Å². The third-order valence-electron chi connectivity index (χ3n) is 8.19. The molecule has 0 radical (unpaired) electrons. The van der Waals surface area contributed by atoms with Crippen molar-refractivity contribution in [3.05, 3.63) is 66.7 Å². The summed E-state index contributed by atoms with van der Waals surface area (Å²) in [7, 11) is 1.59. The molecule has 2 fully saturated rings. The lowest BCUT2D eigenvalue weighted by atomic mass is 9.80. The van der Waals surface area contributed by atoms with Crippen molar-refractivity contribution in [2.75, 3.05) is 45.2 Å². The first-order chi connectivity index (χ1) is 19.9. The molecule has 3 atom stereocenters. The zero-order valence-electron chi connectivity index (χ0n) is 23.4. The van der Waals surface area contributed by atoms with Gasteiger partial charge in [-0.3, -0.25) is 4.79 Å². The minimum absolute atomic E-state index is 0.190. The standard InChI is InChI=1S/C30H38N6O5/c1-41-20-30(40)14-7-5-11-24(30)36-21-33-26(27(36)22-9-3-2-4-10-22)28(37)35-18-17-34(29(38)39)19-23(35)13-16-32-25-12-6-8-15-31-25/h2-4,6,8-10,12,15,21,23-24,40H,5,7,11,13-14,16-20H2,1H3,(H,31,32)(H,38,39)/t23-,24-,30-/m1/s1. The number of carbonyl (C=O) groups excluding carboxylic acids is 1. The van der Waals surface area contributed by atoms with E-state index in [9.17, 15) is 19.8 Å². The summed E-state index contributed by atoms with van der Waals surface area (Å²) in [5.41, 5.74) is 0.705. The van der Waals surface area contributed by atoms with Crippen molar-refractivity contribution in [1.82, 2.24) is 24.3 Å². The Morgan fingerprint density at radius 1 is 1.10 bits per heavy atom. The number of aliphatic hydroxyl groups is 1. The predicted octanol–water partition coefficient (Wildman–Crippen LogP) is 3.74. The maximum absolute atomic E-state index is 14.3. The summed E-state index contributed by atoms with van der Waals surface area (Å²) in [5.74, 6) is 0.471. The van der Waals surface area contributed by atoms with Crippen LogP contribution in [0.25, 0.3) is 11.3 Å². The second-order valence-corrected chi connectivity index (χ2v) is 10.8. The maximum atomic E-state index is 14.3. The summed E-state index contributed by atoms with van der Waals surface area (Å²) >= 11 is 0. The SMILES string of the molecule is COC[C@]1(O)CCCC[C@H]1n1cnc(C(=O)N2CCN(C(=O)O)C[C@H]2CCNc2ccccn2)c1-c1ccccc1. The Balaban J connectivity index is 1.46. The number of imidazole rings is 1. The van der Waals surface area contributed by atoms with Gasteiger partial charge in [0, 0.05) is 45.0 Å². The van der Waals surface area contributed by atoms with Gasteiger partial charge in [-0.2, -0.15) is 0 Å². The van der Waals surface area contributed by atoms with Crippen LogP contribution in [0.15, 0.2) is 61.1 Å². The van der Waals surface area contributed by atoms with Gasteiger partial charge in [-0.1, -0.05) is 49.2 Å². The number of amides is 2. The van der Waals surface area contributed by atoms with Crippen LogP contribution in [-0.4, -0.2) is 98.1 Å². The third kappa shape index (κ3) is 6.20. The molecule has 5 rings (SSSR count). The largest absolute Gasteiger partial charge is 0.465 e. The minimum Gasteiger partial charge on any atom is -0.465 e. The number of nitrogens with one attached hydrogen (secondary N) is 1. The number of anilines is 1. The van der Waals surface area contributed by atoms with E-state index < -0.39 is 11.7 Å². The Labute approximate surface area is 239 Å². The second-order valence-electron chi connectivity index (χ2n) is 10.8. The number of piperazine rings is 1. The van der Waals surface area contributed by atoms with Crippen LogP contribution < -0.4 is 5.32 Å². The zero-order chi connectivity index (χ0) is 28.8. The van der Waals surface area contributed by atoms with Gasteiger partial charge in [-0.05, 0) is 31.4 Å². The lowest BCUT2D eigenvalue weighted by molar-refractivity contribution is -0.0893. The third-order valence-corrected chi connectivity index (χ3v) is 8.19. The number of pyridine rings is 1. The Morgan fingerprint density at radius 2 is 1.90 bits per heavy atom. The molecule has 11 heteroatoms. The lowest BCUT2D eigenvalue weighted by Gasteiger charge is -2.41. The molecule has 3 heterocycles. The number of benzene rings is 1. The average molecular weight is 563 g/mol. The predicted molar refractivity (Wildman–Crippen MR) is 154 cm³/mol. The quantitative estimate of drug-likeness (QED) is 0.359. The Hall–Kier alpha value is -3.96. The summed E-state index contributed by atoms with van der Waals surface area (Å²) in [6.07, 6.45) is 6.10. The van der Waals surface area contributed by atoms with Crippen LogP contribution in [0.4, 0.5) is 10.6 Å². The van der Waals surface area contributed by atoms with Gasteiger partial charge in [-0.25, -0.2) is 14.8 Å². The van der Waals surface area contributed by atoms with E-state index in [1.165, 1.54) is 4.90 Å². The van der Waals surface area contributed by atoms with Crippen LogP contribution in [-0.2, 0) is 4.74 Å². The van der Waals surface area contributed by atoms with E-state index >= 15 is 0 Å². The molecule has 2 aliphatic rings. The van der Waals surface area contributed by atoms with E-state index in [0.717, 1.165) is 30.6 Å². The van der Waals surface area contributed by atoms with Crippen molar-refractivity contribution in [2.24, 2.45) is 0 Å². The molecule has 1 aromatic carbocycles. The van der Waals surface area contributed by atoms with Crippen LogP contribution in [0.3, 0.4) is 0 Å². The number of hydrogen-bond donors (Lipinski definition) is 3. The Bertz CT molecular complexity index is 1320. The van der Waals surface area contributed by atoms with Gasteiger partial charge >= 0.3 is 6.09 Å². The lowest BCUT2D eigenvalue weighted by Crippen LogP contribution is -2.56. The number of hydrogen-bond acceptors (Lipinski definition) is 7. The molecular weight excluding hydrogens is 524 g/mol. The van der Waals surface area contributed by atoms with E-state index in [4.69, 9.17) is 4.74 Å². The molecule has 3 N–H and O–H groups in total. The molecule has 1 aliphatic carbocycles. The van der Waals surface area contributed by atoms with Gasteiger partial charge in [-0.15, -0.1) is 0 Å². The Kier molecular flexibility index (Phi) is 8.84. The van der Waals surface area contributed by atoms with Crippen LogP contribution in [0.2, 0.25) is 0 Å². The topological polar surface area (TPSA) is 133 Å². The highest BCUT2D eigenvalue weighted by molar-refractivity contribution is 5.98. The van der Waals surface area contributed by atoms with E-state index in [1.54, 1.807) is 24.5 Å². The molecule has 0 unspecified atom stereocenters. The molecule has 0 spiro atoms. The summed E-state index contributed by atoms with van der Waals surface area (Å²) in [6, 6.07) is 14.6. The molecule has 3 aromatic rings. The first-order valence-corrected chi connectivity index (χ1v) is 14.2. The summed E-state index contributed by atoms with van der Waals surface area (Å²) < 4.78 is 7.37. The highest BCUT2D eigenvalue weighted by atomic mass is 16.5. The highest BCUT2D eigenvalue weighted by Gasteiger charge is 2.42. The molecule has 1 saturated carbocycles. The highest BCUT2D eigenvalue weighted by Crippen LogP contribution is 2.41. The van der Waals surface area contributed by atoms with Crippen molar-refractivity contribution in [3.8, 4) is 11.3 Å². The Morgan fingerprint density at radius 3 is 2.63 bits per heavy atom. The maximum Gasteiger partial charge on any atom is 0.407 e. The zero-order valence-corrected chi connectivity index (χ0v) is 23.4. The molecule has 0 bridgehead atoms. The van der Waals surface area contributed by atoms with Gasteiger partial charge in [0.2, 0.25) is 0 Å². The second kappa shape index (κ2) is 12.7. The van der Waals surface area contributed by atoms with Crippen molar-refractivity contribution < 1.29 is 24.5 Å². The summed E-state index contributed by atoms with van der Waals surface area (Å²) in [4.78, 5) is 38.1. The monoisotopic (exact) mass is 562 g/mol. The molecular formula is C30H38N6O5. The molecule has 218 valence electrons. The number of rotatable bonds is 9. The molecule has 1 saturated heterocycles.